The highest BCUT2D eigenvalue weighted by molar-refractivity contribution is 5.87. The molecule has 0 atom stereocenters. The quantitative estimate of drug-likeness (QED) is 0.756. The number of carboxylic acids is 1. The zero-order valence-corrected chi connectivity index (χ0v) is 9.07. The lowest BCUT2D eigenvalue weighted by Crippen LogP contribution is -2.36. The molecule has 1 aromatic heterocycles. The Hall–Kier alpha value is -1.36. The van der Waals surface area contributed by atoms with E-state index >= 15 is 0 Å². The van der Waals surface area contributed by atoms with Gasteiger partial charge in [0.05, 0.1) is 24.4 Å². The van der Waals surface area contributed by atoms with Crippen molar-refractivity contribution in [3.8, 4) is 0 Å². The van der Waals surface area contributed by atoms with E-state index in [0.717, 1.165) is 5.69 Å². The number of carboxylic acid groups (broad SMARTS) is 1. The average Bonchev–Trinajstić information content (AvgIpc) is 2.41. The van der Waals surface area contributed by atoms with E-state index in [9.17, 15) is 4.79 Å². The Kier molecular flexibility index (Phi) is 2.08. The van der Waals surface area contributed by atoms with Crippen molar-refractivity contribution in [3.63, 3.8) is 0 Å². The molecule has 1 aliphatic rings. The van der Waals surface area contributed by atoms with Gasteiger partial charge in [-0.05, 0) is 20.8 Å². The minimum absolute atomic E-state index is 0.131. The van der Waals surface area contributed by atoms with Crippen molar-refractivity contribution in [1.29, 1.82) is 0 Å². The third-order valence-electron chi connectivity index (χ3n) is 2.65. The van der Waals surface area contributed by atoms with Gasteiger partial charge >= 0.3 is 5.97 Å². The number of nitrogens with zero attached hydrogens (tertiary/aromatic N) is 2. The predicted molar refractivity (Wildman–Crippen MR) is 52.8 cm³/mol. The maximum Gasteiger partial charge on any atom is 0.356 e. The maximum atomic E-state index is 10.9. The monoisotopic (exact) mass is 210 g/mol. The van der Waals surface area contributed by atoms with Crippen LogP contribution in [0.4, 0.5) is 0 Å². The number of hydrogen-bond donors (Lipinski definition) is 1. The van der Waals surface area contributed by atoms with Crippen LogP contribution in [-0.2, 0) is 17.9 Å². The van der Waals surface area contributed by atoms with E-state index in [1.54, 1.807) is 11.6 Å². The van der Waals surface area contributed by atoms with E-state index in [1.807, 2.05) is 13.8 Å². The largest absolute Gasteiger partial charge is 0.476 e. The smallest absolute Gasteiger partial charge is 0.356 e. The highest BCUT2D eigenvalue weighted by Crippen LogP contribution is 2.25. The molecule has 82 valence electrons. The van der Waals surface area contributed by atoms with Crippen LogP contribution in [0.3, 0.4) is 0 Å². The molecule has 0 aliphatic carbocycles. The lowest BCUT2D eigenvalue weighted by atomic mass is 10.1. The van der Waals surface area contributed by atoms with Crippen molar-refractivity contribution in [1.82, 2.24) is 9.78 Å². The van der Waals surface area contributed by atoms with Crippen LogP contribution in [0.2, 0.25) is 0 Å². The second-order valence-electron chi connectivity index (χ2n) is 4.43. The highest BCUT2D eigenvalue weighted by Gasteiger charge is 2.30. The van der Waals surface area contributed by atoms with Gasteiger partial charge in [0.1, 0.15) is 0 Å². The molecule has 1 N–H and O–H groups in total. The third-order valence-corrected chi connectivity index (χ3v) is 2.65. The van der Waals surface area contributed by atoms with Gasteiger partial charge in [0.15, 0.2) is 5.69 Å². The Labute approximate surface area is 87.7 Å². The fourth-order valence-corrected chi connectivity index (χ4v) is 1.77. The molecule has 0 aromatic carbocycles. The number of rotatable bonds is 1. The molecule has 0 fully saturated rings. The summed E-state index contributed by atoms with van der Waals surface area (Å²) in [5.74, 6) is -0.979. The molecule has 0 unspecified atom stereocenters. The summed E-state index contributed by atoms with van der Waals surface area (Å²) in [5.41, 5.74) is 1.43. The third kappa shape index (κ3) is 1.63. The summed E-state index contributed by atoms with van der Waals surface area (Å²) in [6.07, 6.45) is 0. The Balaban J connectivity index is 2.46. The van der Waals surface area contributed by atoms with Crippen molar-refractivity contribution in [2.75, 3.05) is 0 Å². The summed E-state index contributed by atoms with van der Waals surface area (Å²) < 4.78 is 7.35. The van der Waals surface area contributed by atoms with E-state index in [4.69, 9.17) is 9.84 Å². The lowest BCUT2D eigenvalue weighted by Gasteiger charge is -2.30. The van der Waals surface area contributed by atoms with Crippen LogP contribution >= 0.6 is 0 Å². The minimum atomic E-state index is -0.979. The van der Waals surface area contributed by atoms with Crippen molar-refractivity contribution in [2.45, 2.75) is 39.5 Å². The van der Waals surface area contributed by atoms with E-state index in [0.29, 0.717) is 18.7 Å². The topological polar surface area (TPSA) is 64.3 Å². The van der Waals surface area contributed by atoms with Crippen molar-refractivity contribution >= 4 is 5.97 Å². The first-order chi connectivity index (χ1) is 6.91. The van der Waals surface area contributed by atoms with Crippen LogP contribution in [0, 0.1) is 6.92 Å². The van der Waals surface area contributed by atoms with Gasteiger partial charge in [-0.1, -0.05) is 0 Å². The fraction of sp³-hybridized carbons (Fsp3) is 0.600. The molecule has 0 bridgehead atoms. The second kappa shape index (κ2) is 3.06. The molecule has 5 nitrogen and oxygen atoms in total. The van der Waals surface area contributed by atoms with E-state index in [-0.39, 0.29) is 11.3 Å². The molecule has 5 heteroatoms. The van der Waals surface area contributed by atoms with Crippen LogP contribution in [0.1, 0.15) is 35.6 Å². The van der Waals surface area contributed by atoms with Crippen LogP contribution in [0.25, 0.3) is 0 Å². The molecule has 15 heavy (non-hydrogen) atoms. The van der Waals surface area contributed by atoms with E-state index in [2.05, 4.69) is 5.10 Å². The van der Waals surface area contributed by atoms with Gasteiger partial charge in [0.25, 0.3) is 0 Å². The molecule has 0 saturated heterocycles. The van der Waals surface area contributed by atoms with Crippen molar-refractivity contribution in [3.05, 3.63) is 17.0 Å². The van der Waals surface area contributed by atoms with Crippen molar-refractivity contribution in [2.24, 2.45) is 0 Å². The molecular weight excluding hydrogens is 196 g/mol. The van der Waals surface area contributed by atoms with Crippen LogP contribution in [-0.4, -0.2) is 26.5 Å². The molecule has 0 saturated carbocycles. The number of ether oxygens (including phenoxy) is 1. The number of carbonyl (C=O) groups is 1. The fourth-order valence-electron chi connectivity index (χ4n) is 1.77. The number of hydrogen-bond acceptors (Lipinski definition) is 3. The first-order valence-corrected chi connectivity index (χ1v) is 4.84. The van der Waals surface area contributed by atoms with Gasteiger partial charge in [0, 0.05) is 5.56 Å². The molecule has 1 aromatic rings. The molecule has 2 rings (SSSR count). The summed E-state index contributed by atoms with van der Waals surface area (Å²) in [5, 5.41) is 13.0. The Morgan fingerprint density at radius 2 is 2.27 bits per heavy atom. The zero-order valence-electron chi connectivity index (χ0n) is 9.07. The number of aromatic carboxylic acids is 1. The average molecular weight is 210 g/mol. The predicted octanol–water partition coefficient (Wildman–Crippen LogP) is 1.20. The Morgan fingerprint density at radius 3 is 2.87 bits per heavy atom. The summed E-state index contributed by atoms with van der Waals surface area (Å²) >= 11 is 0. The van der Waals surface area contributed by atoms with Gasteiger partial charge in [-0.2, -0.15) is 5.10 Å². The Morgan fingerprint density at radius 1 is 1.60 bits per heavy atom. The van der Waals surface area contributed by atoms with Crippen LogP contribution in [0.15, 0.2) is 0 Å². The zero-order chi connectivity index (χ0) is 11.2. The first-order valence-electron chi connectivity index (χ1n) is 4.84. The van der Waals surface area contributed by atoms with Gasteiger partial charge in [-0.3, -0.25) is 4.68 Å². The normalized spacial score (nSPS) is 18.6. The highest BCUT2D eigenvalue weighted by atomic mass is 16.5. The van der Waals surface area contributed by atoms with Crippen LogP contribution in [0.5, 0.6) is 0 Å². The van der Waals surface area contributed by atoms with Gasteiger partial charge in [0.2, 0.25) is 0 Å². The van der Waals surface area contributed by atoms with Gasteiger partial charge in [-0.15, -0.1) is 0 Å². The second-order valence-corrected chi connectivity index (χ2v) is 4.43. The van der Waals surface area contributed by atoms with E-state index in [1.165, 1.54) is 0 Å². The summed E-state index contributed by atoms with van der Waals surface area (Å²) in [7, 11) is 0. The lowest BCUT2D eigenvalue weighted by molar-refractivity contribution is -0.0663. The van der Waals surface area contributed by atoms with Gasteiger partial charge in [-0.25, -0.2) is 4.79 Å². The molecule has 1 aliphatic heterocycles. The molecule has 0 radical (unpaired) electrons. The molecule has 2 heterocycles. The molecule has 0 amide bonds. The number of aromatic nitrogens is 2. The summed E-state index contributed by atoms with van der Waals surface area (Å²) in [4.78, 5) is 10.9. The maximum absolute atomic E-state index is 10.9. The molecule has 0 spiro atoms. The van der Waals surface area contributed by atoms with Crippen molar-refractivity contribution < 1.29 is 14.6 Å². The summed E-state index contributed by atoms with van der Waals surface area (Å²) in [6, 6.07) is 0. The van der Waals surface area contributed by atoms with Crippen LogP contribution < -0.4 is 0 Å². The van der Waals surface area contributed by atoms with E-state index < -0.39 is 5.97 Å². The molecular formula is C10H14N2O3. The summed E-state index contributed by atoms with van der Waals surface area (Å²) in [6.45, 7) is 6.72. The first kappa shape index (κ1) is 10.2. The number of fused-ring (bicyclic) bond motifs is 1. The SMILES string of the molecule is Cc1c(C(=O)O)nn2c1COC(C)(C)C2. The minimum Gasteiger partial charge on any atom is -0.476 e. The Bertz CT molecular complexity index is 421. The standard InChI is InChI=1S/C10H14N2O3/c1-6-7-4-15-10(2,3)5-12(7)11-8(6)9(13)14/h4-5H2,1-3H3,(H,13,14). The van der Waals surface area contributed by atoms with Gasteiger partial charge < -0.3 is 9.84 Å².